The second-order valence-electron chi connectivity index (χ2n) is 3.89. The highest BCUT2D eigenvalue weighted by atomic mass is 79.9. The molecular weight excluding hydrogens is 286 g/mol. The molecule has 88 valence electrons. The van der Waals surface area contributed by atoms with Gasteiger partial charge >= 0.3 is 0 Å². The van der Waals surface area contributed by atoms with E-state index in [1.165, 1.54) is 23.6 Å². The third-order valence-electron chi connectivity index (χ3n) is 2.79. The van der Waals surface area contributed by atoms with Gasteiger partial charge < -0.3 is 10.0 Å². The summed E-state index contributed by atoms with van der Waals surface area (Å²) in [6.45, 7) is 2.35. The van der Waals surface area contributed by atoms with Crippen molar-refractivity contribution in [2.24, 2.45) is 0 Å². The quantitative estimate of drug-likeness (QED) is 0.909. The van der Waals surface area contributed by atoms with Crippen LogP contribution in [0.5, 0.6) is 0 Å². The highest BCUT2D eigenvalue weighted by Crippen LogP contribution is 2.25. The van der Waals surface area contributed by atoms with E-state index in [-0.39, 0.29) is 6.61 Å². The van der Waals surface area contributed by atoms with E-state index >= 15 is 0 Å². The maximum Gasteiger partial charge on any atom is 0.0692 e. The van der Waals surface area contributed by atoms with Gasteiger partial charge in [-0.15, -0.1) is 0 Å². The summed E-state index contributed by atoms with van der Waals surface area (Å²) in [6.07, 6.45) is 1.25. The summed E-state index contributed by atoms with van der Waals surface area (Å²) >= 11 is 5.53. The molecule has 1 aliphatic heterocycles. The highest BCUT2D eigenvalue weighted by molar-refractivity contribution is 9.10. The summed E-state index contributed by atoms with van der Waals surface area (Å²) < 4.78 is 1.00. The molecule has 16 heavy (non-hydrogen) atoms. The van der Waals surface area contributed by atoms with Gasteiger partial charge in [-0.3, -0.25) is 0 Å². The molecule has 1 heterocycles. The molecule has 0 aromatic heterocycles. The molecule has 2 nitrogen and oxygen atoms in total. The fraction of sp³-hybridized carbons (Fsp3) is 0.500. The van der Waals surface area contributed by atoms with E-state index in [2.05, 4.69) is 33.0 Å². The van der Waals surface area contributed by atoms with Gasteiger partial charge in [0.15, 0.2) is 0 Å². The van der Waals surface area contributed by atoms with Crippen molar-refractivity contribution < 1.29 is 5.11 Å². The van der Waals surface area contributed by atoms with E-state index in [1.807, 2.05) is 17.8 Å². The van der Waals surface area contributed by atoms with Gasteiger partial charge in [0, 0.05) is 29.0 Å². The van der Waals surface area contributed by atoms with Gasteiger partial charge in [0.05, 0.1) is 6.61 Å². The van der Waals surface area contributed by atoms with Crippen molar-refractivity contribution in [3.63, 3.8) is 0 Å². The fourth-order valence-corrected chi connectivity index (χ4v) is 3.24. The van der Waals surface area contributed by atoms with Gasteiger partial charge in [0.25, 0.3) is 0 Å². The lowest BCUT2D eigenvalue weighted by molar-refractivity contribution is 0.281. The molecule has 4 heteroatoms. The third kappa shape index (κ3) is 2.93. The van der Waals surface area contributed by atoms with Crippen LogP contribution < -0.4 is 4.90 Å². The summed E-state index contributed by atoms with van der Waals surface area (Å²) in [6, 6.07) is 6.21. The highest BCUT2D eigenvalue weighted by Gasteiger charge is 2.11. The Morgan fingerprint density at radius 3 is 2.94 bits per heavy atom. The lowest BCUT2D eigenvalue weighted by atomic mass is 10.2. The number of hydrogen-bond donors (Lipinski definition) is 1. The minimum atomic E-state index is 0.0940. The molecule has 1 aromatic carbocycles. The first-order chi connectivity index (χ1) is 7.81. The average molecular weight is 302 g/mol. The predicted molar refractivity (Wildman–Crippen MR) is 74.2 cm³/mol. The Bertz CT molecular complexity index is 351. The largest absolute Gasteiger partial charge is 0.392 e. The first-order valence-electron chi connectivity index (χ1n) is 5.53. The summed E-state index contributed by atoms with van der Waals surface area (Å²) in [5.74, 6) is 2.48. The van der Waals surface area contributed by atoms with E-state index < -0.39 is 0 Å². The smallest absolute Gasteiger partial charge is 0.0692 e. The zero-order chi connectivity index (χ0) is 11.4. The third-order valence-corrected chi connectivity index (χ3v) is 4.58. The van der Waals surface area contributed by atoms with Crippen LogP contribution in [0.15, 0.2) is 22.7 Å². The van der Waals surface area contributed by atoms with E-state index in [4.69, 9.17) is 5.11 Å². The number of nitrogens with zero attached hydrogens (tertiary/aromatic N) is 1. The van der Waals surface area contributed by atoms with E-state index in [9.17, 15) is 0 Å². The Hall–Kier alpha value is -0.190. The van der Waals surface area contributed by atoms with Crippen LogP contribution in [0.25, 0.3) is 0 Å². The summed E-state index contributed by atoms with van der Waals surface area (Å²) in [7, 11) is 0. The van der Waals surface area contributed by atoms with Crippen molar-refractivity contribution in [3.05, 3.63) is 28.2 Å². The van der Waals surface area contributed by atoms with Crippen molar-refractivity contribution in [3.8, 4) is 0 Å². The Kier molecular flexibility index (Phi) is 4.55. The summed E-state index contributed by atoms with van der Waals surface area (Å²) in [5, 5.41) is 9.12. The topological polar surface area (TPSA) is 23.5 Å². The SMILES string of the molecule is OCc1ccc(N2CCCSCC2)cc1Br. The lowest BCUT2D eigenvalue weighted by Gasteiger charge is -2.23. The van der Waals surface area contributed by atoms with Gasteiger partial charge in [-0.1, -0.05) is 22.0 Å². The van der Waals surface area contributed by atoms with Crippen LogP contribution >= 0.6 is 27.7 Å². The van der Waals surface area contributed by atoms with Gasteiger partial charge in [-0.2, -0.15) is 11.8 Å². The van der Waals surface area contributed by atoms with Crippen molar-refractivity contribution in [2.45, 2.75) is 13.0 Å². The summed E-state index contributed by atoms with van der Waals surface area (Å²) in [5.41, 5.74) is 2.21. The monoisotopic (exact) mass is 301 g/mol. The van der Waals surface area contributed by atoms with Crippen LogP contribution in [0.2, 0.25) is 0 Å². The van der Waals surface area contributed by atoms with Gasteiger partial charge in [0.2, 0.25) is 0 Å². The van der Waals surface area contributed by atoms with Crippen LogP contribution in [0, 0.1) is 0 Å². The molecule has 1 N–H and O–H groups in total. The molecule has 0 saturated carbocycles. The first-order valence-corrected chi connectivity index (χ1v) is 7.48. The Morgan fingerprint density at radius 1 is 1.31 bits per heavy atom. The minimum absolute atomic E-state index is 0.0940. The number of anilines is 1. The molecule has 0 bridgehead atoms. The standard InChI is InChI=1S/C12H16BrNOS/c13-12-8-11(3-2-10(12)9-15)14-4-1-6-16-7-5-14/h2-3,8,15H,1,4-7,9H2. The average Bonchev–Trinajstić information content (AvgIpc) is 2.57. The molecule has 0 aliphatic carbocycles. The molecular formula is C12H16BrNOS. The molecule has 0 atom stereocenters. The number of aliphatic hydroxyl groups excluding tert-OH is 1. The van der Waals surface area contributed by atoms with Crippen molar-refractivity contribution in [1.82, 2.24) is 0 Å². The number of rotatable bonds is 2. The molecule has 0 radical (unpaired) electrons. The van der Waals surface area contributed by atoms with Crippen molar-refractivity contribution in [2.75, 3.05) is 29.5 Å². The Morgan fingerprint density at radius 2 is 2.19 bits per heavy atom. The maximum atomic E-state index is 9.12. The normalized spacial score (nSPS) is 17.2. The van der Waals surface area contributed by atoms with Crippen LogP contribution in [-0.4, -0.2) is 29.7 Å². The Balaban J connectivity index is 2.16. The van der Waals surface area contributed by atoms with E-state index in [1.54, 1.807) is 0 Å². The van der Waals surface area contributed by atoms with Crippen molar-refractivity contribution in [1.29, 1.82) is 0 Å². The molecule has 1 saturated heterocycles. The molecule has 0 amide bonds. The van der Waals surface area contributed by atoms with E-state index in [0.29, 0.717) is 0 Å². The van der Waals surface area contributed by atoms with Gasteiger partial charge in [0.1, 0.15) is 0 Å². The van der Waals surface area contributed by atoms with Gasteiger partial charge in [-0.25, -0.2) is 0 Å². The lowest BCUT2D eigenvalue weighted by Crippen LogP contribution is -2.25. The second-order valence-corrected chi connectivity index (χ2v) is 5.97. The summed E-state index contributed by atoms with van der Waals surface area (Å²) in [4.78, 5) is 2.42. The van der Waals surface area contributed by atoms with Gasteiger partial charge in [-0.05, 0) is 29.9 Å². The second kappa shape index (κ2) is 5.94. The minimum Gasteiger partial charge on any atom is -0.392 e. The number of halogens is 1. The molecule has 2 rings (SSSR count). The molecule has 0 spiro atoms. The first kappa shape index (κ1) is 12.3. The number of aliphatic hydroxyl groups is 1. The zero-order valence-electron chi connectivity index (χ0n) is 9.16. The number of hydrogen-bond acceptors (Lipinski definition) is 3. The van der Waals surface area contributed by atoms with E-state index in [0.717, 1.165) is 23.1 Å². The van der Waals surface area contributed by atoms with Crippen LogP contribution in [0.3, 0.4) is 0 Å². The predicted octanol–water partition coefficient (Wildman–Crippen LogP) is 2.88. The fourth-order valence-electron chi connectivity index (χ4n) is 1.87. The molecule has 1 aliphatic rings. The van der Waals surface area contributed by atoms with Crippen LogP contribution in [-0.2, 0) is 6.61 Å². The van der Waals surface area contributed by atoms with Crippen LogP contribution in [0.1, 0.15) is 12.0 Å². The Labute approximate surface area is 109 Å². The molecule has 1 fully saturated rings. The molecule has 0 unspecified atom stereocenters. The number of thioether (sulfide) groups is 1. The number of benzene rings is 1. The van der Waals surface area contributed by atoms with Crippen molar-refractivity contribution >= 4 is 33.4 Å². The zero-order valence-corrected chi connectivity index (χ0v) is 11.6. The van der Waals surface area contributed by atoms with Crippen LogP contribution in [0.4, 0.5) is 5.69 Å². The maximum absolute atomic E-state index is 9.12. The molecule has 1 aromatic rings.